The average Bonchev–Trinajstić information content (AvgIpc) is 2.72. The van der Waals surface area contributed by atoms with Gasteiger partial charge in [-0.15, -0.1) is 0 Å². The molecule has 1 aromatic heterocycles. The molecule has 0 unspecified atom stereocenters. The van der Waals surface area contributed by atoms with Gasteiger partial charge in [0.15, 0.2) is 0 Å². The van der Waals surface area contributed by atoms with Crippen LogP contribution in [0.25, 0.3) is 0 Å². The van der Waals surface area contributed by atoms with Crippen LogP contribution in [-0.2, 0) is 0 Å². The summed E-state index contributed by atoms with van der Waals surface area (Å²) < 4.78 is 0. The van der Waals surface area contributed by atoms with Crippen molar-refractivity contribution in [3.63, 3.8) is 0 Å². The van der Waals surface area contributed by atoms with Crippen molar-refractivity contribution in [2.24, 2.45) is 0 Å². The monoisotopic (exact) mass is 278 g/mol. The van der Waals surface area contributed by atoms with Crippen LogP contribution in [0.4, 0.5) is 11.6 Å². The number of pyridine rings is 1. The van der Waals surface area contributed by atoms with Crippen LogP contribution in [-0.4, -0.2) is 60.9 Å². The number of anilines is 2. The summed E-state index contributed by atoms with van der Waals surface area (Å²) in [5, 5.41) is 12.4. The fraction of sp³-hybridized carbons (Fsp3) is 0.667. The van der Waals surface area contributed by atoms with Crippen molar-refractivity contribution in [1.29, 1.82) is 0 Å². The predicted octanol–water partition coefficient (Wildman–Crippen LogP) is 1.41. The summed E-state index contributed by atoms with van der Waals surface area (Å²) in [7, 11) is 0. The Morgan fingerprint density at radius 2 is 2.15 bits per heavy atom. The zero-order chi connectivity index (χ0) is 14.2. The highest BCUT2D eigenvalue weighted by atomic mass is 16.3. The van der Waals surface area contributed by atoms with Crippen LogP contribution in [0.15, 0.2) is 18.2 Å². The lowest BCUT2D eigenvalue weighted by molar-refractivity contribution is 0.204. The van der Waals surface area contributed by atoms with Gasteiger partial charge in [-0.1, -0.05) is 13.0 Å². The second kappa shape index (κ2) is 8.07. The van der Waals surface area contributed by atoms with Crippen LogP contribution in [0.2, 0.25) is 0 Å². The van der Waals surface area contributed by atoms with Gasteiger partial charge < -0.3 is 15.3 Å². The molecule has 1 aliphatic heterocycles. The molecule has 1 saturated heterocycles. The summed E-state index contributed by atoms with van der Waals surface area (Å²) in [5.74, 6) is 2.01. The Labute approximate surface area is 121 Å². The van der Waals surface area contributed by atoms with Gasteiger partial charge in [-0.25, -0.2) is 4.98 Å². The van der Waals surface area contributed by atoms with Crippen molar-refractivity contribution < 1.29 is 5.11 Å². The molecular weight excluding hydrogens is 252 g/mol. The van der Waals surface area contributed by atoms with E-state index < -0.39 is 0 Å². The fourth-order valence-electron chi connectivity index (χ4n) is 2.52. The normalized spacial score (nSPS) is 17.0. The molecule has 112 valence electrons. The molecule has 5 heteroatoms. The third-order valence-corrected chi connectivity index (χ3v) is 3.62. The van der Waals surface area contributed by atoms with E-state index in [1.54, 1.807) is 0 Å². The van der Waals surface area contributed by atoms with Gasteiger partial charge in [0.1, 0.15) is 11.6 Å². The zero-order valence-corrected chi connectivity index (χ0v) is 12.4. The van der Waals surface area contributed by atoms with Crippen LogP contribution >= 0.6 is 0 Å². The maximum atomic E-state index is 9.04. The molecule has 0 amide bonds. The number of β-amino-alcohol motifs (C(OH)–C–C–N with tert-alkyl or cyclic N) is 1. The van der Waals surface area contributed by atoms with Gasteiger partial charge in [-0.05, 0) is 31.5 Å². The number of aromatic nitrogens is 1. The van der Waals surface area contributed by atoms with E-state index in [1.165, 1.54) is 0 Å². The number of nitrogens with one attached hydrogen (secondary N) is 1. The number of nitrogens with zero attached hydrogens (tertiary/aromatic N) is 3. The minimum Gasteiger partial charge on any atom is -0.395 e. The zero-order valence-electron chi connectivity index (χ0n) is 12.4. The molecule has 0 radical (unpaired) electrons. The lowest BCUT2D eigenvalue weighted by Gasteiger charge is -2.22. The van der Waals surface area contributed by atoms with Crippen LogP contribution in [0, 0.1) is 0 Å². The maximum absolute atomic E-state index is 9.04. The van der Waals surface area contributed by atoms with E-state index in [2.05, 4.69) is 34.2 Å². The Bertz CT molecular complexity index is 399. The first kappa shape index (κ1) is 15.1. The summed E-state index contributed by atoms with van der Waals surface area (Å²) in [5.41, 5.74) is 0. The Hall–Kier alpha value is -1.33. The van der Waals surface area contributed by atoms with Crippen LogP contribution in [0.1, 0.15) is 19.8 Å². The summed E-state index contributed by atoms with van der Waals surface area (Å²) >= 11 is 0. The Morgan fingerprint density at radius 1 is 1.25 bits per heavy atom. The van der Waals surface area contributed by atoms with Crippen LogP contribution in [0.5, 0.6) is 0 Å². The van der Waals surface area contributed by atoms with E-state index in [4.69, 9.17) is 10.1 Å². The molecule has 5 nitrogen and oxygen atoms in total. The SMILES string of the molecule is CCCNc1cccc(N2CCCN(CCO)CC2)n1. The van der Waals surface area contributed by atoms with Crippen molar-refractivity contribution in [3.8, 4) is 0 Å². The largest absolute Gasteiger partial charge is 0.395 e. The second-order valence-electron chi connectivity index (χ2n) is 5.21. The van der Waals surface area contributed by atoms with Gasteiger partial charge in [0.2, 0.25) is 0 Å². The molecule has 0 atom stereocenters. The van der Waals surface area contributed by atoms with Crippen molar-refractivity contribution in [1.82, 2.24) is 9.88 Å². The molecule has 0 saturated carbocycles. The number of hydrogen-bond acceptors (Lipinski definition) is 5. The van der Waals surface area contributed by atoms with E-state index in [-0.39, 0.29) is 6.61 Å². The summed E-state index contributed by atoms with van der Waals surface area (Å²) in [4.78, 5) is 9.35. The van der Waals surface area contributed by atoms with Crippen molar-refractivity contribution >= 4 is 11.6 Å². The number of aliphatic hydroxyl groups excluding tert-OH is 1. The van der Waals surface area contributed by atoms with Crippen molar-refractivity contribution in [2.45, 2.75) is 19.8 Å². The van der Waals surface area contributed by atoms with Gasteiger partial charge in [-0.3, -0.25) is 4.90 Å². The Kier molecular flexibility index (Phi) is 6.08. The van der Waals surface area contributed by atoms with Gasteiger partial charge in [-0.2, -0.15) is 0 Å². The molecule has 0 bridgehead atoms. The Morgan fingerprint density at radius 3 is 2.95 bits per heavy atom. The molecule has 2 heterocycles. The van der Waals surface area contributed by atoms with E-state index in [1.807, 2.05) is 6.07 Å². The lowest BCUT2D eigenvalue weighted by atomic mass is 10.3. The van der Waals surface area contributed by atoms with E-state index in [9.17, 15) is 0 Å². The maximum Gasteiger partial charge on any atom is 0.130 e. The summed E-state index contributed by atoms with van der Waals surface area (Å²) in [6, 6.07) is 6.17. The molecule has 2 N–H and O–H groups in total. The molecule has 0 spiro atoms. The van der Waals surface area contributed by atoms with E-state index in [0.29, 0.717) is 0 Å². The quantitative estimate of drug-likeness (QED) is 0.824. The highest BCUT2D eigenvalue weighted by Crippen LogP contribution is 2.16. The first-order valence-corrected chi connectivity index (χ1v) is 7.62. The Balaban J connectivity index is 1.96. The van der Waals surface area contributed by atoms with E-state index in [0.717, 1.165) is 63.7 Å². The molecule has 20 heavy (non-hydrogen) atoms. The highest BCUT2D eigenvalue weighted by Gasteiger charge is 2.15. The molecule has 2 rings (SSSR count). The number of hydrogen-bond donors (Lipinski definition) is 2. The second-order valence-corrected chi connectivity index (χ2v) is 5.21. The molecule has 1 aromatic rings. The van der Waals surface area contributed by atoms with Gasteiger partial charge >= 0.3 is 0 Å². The minimum atomic E-state index is 0.245. The molecule has 1 aliphatic rings. The molecule has 0 aromatic carbocycles. The minimum absolute atomic E-state index is 0.245. The molecule has 0 aliphatic carbocycles. The summed E-state index contributed by atoms with van der Waals surface area (Å²) in [6.07, 6.45) is 2.22. The molecular formula is C15H26N4O. The third kappa shape index (κ3) is 4.35. The van der Waals surface area contributed by atoms with Gasteiger partial charge in [0, 0.05) is 32.7 Å². The highest BCUT2D eigenvalue weighted by molar-refractivity contribution is 5.47. The van der Waals surface area contributed by atoms with Gasteiger partial charge in [0.05, 0.1) is 6.61 Å². The van der Waals surface area contributed by atoms with E-state index >= 15 is 0 Å². The lowest BCUT2D eigenvalue weighted by Crippen LogP contribution is -2.32. The predicted molar refractivity (Wildman–Crippen MR) is 83.4 cm³/mol. The average molecular weight is 278 g/mol. The van der Waals surface area contributed by atoms with Gasteiger partial charge in [0.25, 0.3) is 0 Å². The number of aliphatic hydroxyl groups is 1. The molecule has 1 fully saturated rings. The smallest absolute Gasteiger partial charge is 0.130 e. The van der Waals surface area contributed by atoms with Crippen molar-refractivity contribution in [2.75, 3.05) is 56.1 Å². The van der Waals surface area contributed by atoms with Crippen LogP contribution < -0.4 is 10.2 Å². The van der Waals surface area contributed by atoms with Crippen LogP contribution in [0.3, 0.4) is 0 Å². The number of rotatable bonds is 6. The standard InChI is InChI=1S/C15H26N4O/c1-2-7-16-14-5-3-6-15(17-14)19-9-4-8-18(10-11-19)12-13-20/h3,5-6,20H,2,4,7-13H2,1H3,(H,16,17). The topological polar surface area (TPSA) is 51.6 Å². The summed E-state index contributed by atoms with van der Waals surface area (Å²) in [6.45, 7) is 8.20. The first-order chi connectivity index (χ1) is 9.83. The first-order valence-electron chi connectivity index (χ1n) is 7.62. The third-order valence-electron chi connectivity index (χ3n) is 3.62. The van der Waals surface area contributed by atoms with Crippen molar-refractivity contribution in [3.05, 3.63) is 18.2 Å². The fourth-order valence-corrected chi connectivity index (χ4v) is 2.52.